The van der Waals surface area contributed by atoms with Gasteiger partial charge in [0.15, 0.2) is 5.69 Å². The van der Waals surface area contributed by atoms with Gasteiger partial charge in [-0.15, -0.1) is 0 Å². The predicted octanol–water partition coefficient (Wildman–Crippen LogP) is 3.21. The molecule has 0 aliphatic rings. The number of nitrogens with one attached hydrogen (secondary N) is 2. The van der Waals surface area contributed by atoms with Crippen LogP contribution in [0.15, 0.2) is 81.5 Å². The van der Waals surface area contributed by atoms with E-state index in [4.69, 9.17) is 11.6 Å². The number of aryl methyl sites for hydroxylation is 1. The number of nitro benzene ring substituents is 1. The van der Waals surface area contributed by atoms with Crippen LogP contribution in [0.1, 0.15) is 22.9 Å². The number of nitro groups is 1. The Morgan fingerprint density at radius 2 is 1.86 bits per heavy atom. The van der Waals surface area contributed by atoms with Crippen LogP contribution in [0, 0.1) is 17.0 Å². The first-order valence-corrected chi connectivity index (χ1v) is 12.2. The molecule has 11 nitrogen and oxygen atoms in total. The average molecular weight is 528 g/mol. The first kappa shape index (κ1) is 25.0. The number of hydrogen-bond donors (Lipinski definition) is 3. The van der Waals surface area contributed by atoms with E-state index < -0.39 is 38.0 Å². The number of sulfonamides is 1. The lowest BCUT2D eigenvalue weighted by molar-refractivity contribution is -0.384. The van der Waals surface area contributed by atoms with Crippen LogP contribution in [0.25, 0.3) is 11.0 Å². The molecule has 36 heavy (non-hydrogen) atoms. The van der Waals surface area contributed by atoms with E-state index in [-0.39, 0.29) is 32.2 Å². The standard InChI is InChI=1S/C23H18ClN5O6S/c1-13-6-9-15(10-7-13)36(34,35)28-27-20(22(30)16-4-2-3-5-17(16)24)21-23(31)26-19-12-14(29(32)33)8-11-18(19)25-21/h2-12,22,28,30H,1H3,(H,26,31)/b27-20+/t22-/m0/s1. The van der Waals surface area contributed by atoms with E-state index in [9.17, 15) is 28.4 Å². The zero-order chi connectivity index (χ0) is 26.0. The summed E-state index contributed by atoms with van der Waals surface area (Å²) < 4.78 is 25.6. The minimum Gasteiger partial charge on any atom is -0.382 e. The Morgan fingerprint density at radius 3 is 2.53 bits per heavy atom. The van der Waals surface area contributed by atoms with Crippen molar-refractivity contribution >= 4 is 44.1 Å². The van der Waals surface area contributed by atoms with E-state index in [0.29, 0.717) is 0 Å². The van der Waals surface area contributed by atoms with Gasteiger partial charge < -0.3 is 10.1 Å². The summed E-state index contributed by atoms with van der Waals surface area (Å²) in [6, 6.07) is 15.8. The third-order valence-electron chi connectivity index (χ3n) is 5.21. The second-order valence-corrected chi connectivity index (χ2v) is 9.77. The number of aromatic nitrogens is 2. The van der Waals surface area contributed by atoms with Gasteiger partial charge in [0, 0.05) is 22.7 Å². The number of H-pyrrole nitrogens is 1. The summed E-state index contributed by atoms with van der Waals surface area (Å²) in [6.45, 7) is 1.80. The number of aromatic amines is 1. The number of hydrazone groups is 1. The molecule has 1 atom stereocenters. The van der Waals surface area contributed by atoms with Gasteiger partial charge in [-0.25, -0.2) is 4.98 Å². The topological polar surface area (TPSA) is 168 Å². The molecule has 1 aromatic heterocycles. The number of hydrogen-bond acceptors (Lipinski definition) is 8. The first-order chi connectivity index (χ1) is 17.1. The number of non-ortho nitro benzene ring substituents is 1. The monoisotopic (exact) mass is 527 g/mol. The third-order valence-corrected chi connectivity index (χ3v) is 6.77. The highest BCUT2D eigenvalue weighted by Crippen LogP contribution is 2.26. The lowest BCUT2D eigenvalue weighted by atomic mass is 10.0. The molecule has 1 heterocycles. The maximum atomic E-state index is 12.9. The van der Waals surface area contributed by atoms with Gasteiger partial charge in [0.1, 0.15) is 11.8 Å². The van der Waals surface area contributed by atoms with E-state index in [0.717, 1.165) is 11.6 Å². The predicted molar refractivity (Wildman–Crippen MR) is 133 cm³/mol. The number of benzene rings is 3. The normalized spacial score (nSPS) is 12.9. The molecule has 3 N–H and O–H groups in total. The highest BCUT2D eigenvalue weighted by molar-refractivity contribution is 7.89. The van der Waals surface area contributed by atoms with Crippen molar-refractivity contribution in [1.82, 2.24) is 14.8 Å². The SMILES string of the molecule is Cc1ccc(S(=O)(=O)N/N=C(\c2nc3ccc([N+](=O)[O-])cc3[nH]c2=O)[C@@H](O)c2ccccc2Cl)cc1. The Labute approximate surface area is 209 Å². The molecule has 0 bridgehead atoms. The van der Waals surface area contributed by atoms with Crippen LogP contribution in [-0.2, 0) is 10.0 Å². The van der Waals surface area contributed by atoms with Crippen LogP contribution in [0.2, 0.25) is 5.02 Å². The van der Waals surface area contributed by atoms with Gasteiger partial charge in [0.05, 0.1) is 20.9 Å². The quantitative estimate of drug-likeness (QED) is 0.188. The fourth-order valence-electron chi connectivity index (χ4n) is 3.33. The van der Waals surface area contributed by atoms with E-state index in [2.05, 4.69) is 15.1 Å². The van der Waals surface area contributed by atoms with Gasteiger partial charge in [-0.1, -0.05) is 47.5 Å². The molecule has 0 aliphatic carbocycles. The summed E-state index contributed by atoms with van der Waals surface area (Å²) in [5, 5.41) is 26.2. The fraction of sp³-hybridized carbons (Fsp3) is 0.0870. The Bertz CT molecular complexity index is 1670. The molecule has 0 radical (unpaired) electrons. The first-order valence-electron chi connectivity index (χ1n) is 10.3. The van der Waals surface area contributed by atoms with Crippen LogP contribution < -0.4 is 10.4 Å². The van der Waals surface area contributed by atoms with Crippen LogP contribution >= 0.6 is 11.6 Å². The van der Waals surface area contributed by atoms with Gasteiger partial charge in [-0.2, -0.15) is 18.4 Å². The Hall–Kier alpha value is -4.13. The van der Waals surface area contributed by atoms with Gasteiger partial charge in [0.2, 0.25) is 0 Å². The molecule has 0 fully saturated rings. The molecule has 0 unspecified atom stereocenters. The van der Waals surface area contributed by atoms with Crippen molar-refractivity contribution in [1.29, 1.82) is 0 Å². The number of fused-ring (bicyclic) bond motifs is 1. The van der Waals surface area contributed by atoms with Crippen molar-refractivity contribution in [3.05, 3.63) is 109 Å². The van der Waals surface area contributed by atoms with Gasteiger partial charge in [0.25, 0.3) is 21.3 Å². The van der Waals surface area contributed by atoms with Crippen LogP contribution in [0.4, 0.5) is 5.69 Å². The van der Waals surface area contributed by atoms with Crippen molar-refractivity contribution in [2.75, 3.05) is 0 Å². The van der Waals surface area contributed by atoms with E-state index in [1.165, 1.54) is 36.4 Å². The van der Waals surface area contributed by atoms with Crippen LogP contribution in [0.3, 0.4) is 0 Å². The molecule has 0 amide bonds. The molecule has 0 aliphatic heterocycles. The fourth-order valence-corrected chi connectivity index (χ4v) is 4.39. The van der Waals surface area contributed by atoms with Gasteiger partial charge in [-0.3, -0.25) is 14.9 Å². The highest BCUT2D eigenvalue weighted by atomic mass is 35.5. The smallest absolute Gasteiger partial charge is 0.276 e. The molecule has 0 spiro atoms. The Morgan fingerprint density at radius 1 is 1.17 bits per heavy atom. The van der Waals surface area contributed by atoms with Crippen molar-refractivity contribution in [3.63, 3.8) is 0 Å². The van der Waals surface area contributed by atoms with Crippen molar-refractivity contribution in [2.45, 2.75) is 17.9 Å². The number of aliphatic hydroxyl groups is 1. The van der Waals surface area contributed by atoms with Crippen molar-refractivity contribution in [2.24, 2.45) is 5.10 Å². The van der Waals surface area contributed by atoms with E-state index >= 15 is 0 Å². The number of aliphatic hydroxyl groups excluding tert-OH is 1. The molecule has 0 saturated heterocycles. The zero-order valence-corrected chi connectivity index (χ0v) is 20.1. The summed E-state index contributed by atoms with van der Waals surface area (Å²) >= 11 is 6.21. The van der Waals surface area contributed by atoms with Crippen molar-refractivity contribution < 1.29 is 18.4 Å². The lowest BCUT2D eigenvalue weighted by Crippen LogP contribution is -2.29. The van der Waals surface area contributed by atoms with E-state index in [1.807, 2.05) is 4.83 Å². The maximum absolute atomic E-state index is 12.9. The largest absolute Gasteiger partial charge is 0.382 e. The number of halogens is 1. The van der Waals surface area contributed by atoms with E-state index in [1.54, 1.807) is 31.2 Å². The minimum atomic E-state index is -4.17. The Kier molecular flexibility index (Phi) is 6.84. The molecular weight excluding hydrogens is 510 g/mol. The number of nitrogens with zero attached hydrogens (tertiary/aromatic N) is 3. The zero-order valence-electron chi connectivity index (χ0n) is 18.5. The molecule has 0 saturated carbocycles. The molecular formula is C23H18ClN5O6S. The Balaban J connectivity index is 1.86. The molecule has 3 aromatic carbocycles. The molecule has 184 valence electrons. The summed E-state index contributed by atoms with van der Waals surface area (Å²) in [6.07, 6.45) is -1.65. The minimum absolute atomic E-state index is 0.0739. The highest BCUT2D eigenvalue weighted by Gasteiger charge is 2.26. The van der Waals surface area contributed by atoms with Gasteiger partial charge >= 0.3 is 0 Å². The van der Waals surface area contributed by atoms with Gasteiger partial charge in [-0.05, 0) is 31.2 Å². The summed E-state index contributed by atoms with van der Waals surface area (Å²) in [4.78, 5) is 32.0. The van der Waals surface area contributed by atoms with Crippen LogP contribution in [0.5, 0.6) is 0 Å². The number of rotatable bonds is 7. The molecule has 13 heteroatoms. The molecule has 4 rings (SSSR count). The summed E-state index contributed by atoms with van der Waals surface area (Å²) in [5.41, 5.74) is -0.737. The molecule has 4 aromatic rings. The van der Waals surface area contributed by atoms with Crippen molar-refractivity contribution in [3.8, 4) is 0 Å². The summed E-state index contributed by atoms with van der Waals surface area (Å²) in [7, 11) is -4.17. The maximum Gasteiger partial charge on any atom is 0.276 e. The second-order valence-electron chi connectivity index (χ2n) is 7.70. The van der Waals surface area contributed by atoms with Crippen LogP contribution in [-0.4, -0.2) is 34.1 Å². The second kappa shape index (κ2) is 9.85. The average Bonchev–Trinajstić information content (AvgIpc) is 2.84. The third kappa shape index (κ3) is 5.10. The summed E-state index contributed by atoms with van der Waals surface area (Å²) in [5.74, 6) is 0. The lowest BCUT2D eigenvalue weighted by Gasteiger charge is -2.15.